The largest absolute Gasteiger partial charge is 0.265 e. The molecule has 6 aromatic carbocycles. The van der Waals surface area contributed by atoms with Crippen LogP contribution >= 0.6 is 0 Å². The Balaban J connectivity index is 1.30. The molecule has 3 aromatic heterocycles. The van der Waals surface area contributed by atoms with Gasteiger partial charge in [0.2, 0.25) is 0 Å². The molecule has 9 rings (SSSR count). The van der Waals surface area contributed by atoms with Crippen LogP contribution in [0.2, 0.25) is 0 Å². The molecule has 0 aliphatic carbocycles. The van der Waals surface area contributed by atoms with Crippen molar-refractivity contribution >= 4 is 43.2 Å². The van der Waals surface area contributed by atoms with E-state index in [1.165, 1.54) is 32.5 Å². The number of nitrogens with zero attached hydrogens (tertiary/aromatic N) is 3. The maximum absolute atomic E-state index is 5.31. The smallest absolute Gasteiger partial charge is 0.0788 e. The predicted octanol–water partition coefficient (Wildman–Crippen LogP) is 11.2. The fourth-order valence-electron chi connectivity index (χ4n) is 6.74. The Hall–Kier alpha value is -6.19. The molecule has 0 atom stereocenters. The van der Waals surface area contributed by atoms with Gasteiger partial charge in [-0.15, -0.1) is 0 Å². The van der Waals surface area contributed by atoms with E-state index in [9.17, 15) is 0 Å². The van der Waals surface area contributed by atoms with E-state index in [4.69, 9.17) is 9.97 Å². The molecule has 3 heteroatoms. The molecule has 0 amide bonds. The first-order valence-corrected chi connectivity index (χ1v) is 15.5. The zero-order chi connectivity index (χ0) is 30.5. The molecule has 0 aliphatic rings. The average molecular weight is 586 g/mol. The lowest BCUT2D eigenvalue weighted by Crippen LogP contribution is -1.93. The molecular formula is C43H27N3. The van der Waals surface area contributed by atoms with Gasteiger partial charge in [0.15, 0.2) is 0 Å². The highest BCUT2D eigenvalue weighted by molar-refractivity contribution is 6.25. The molecule has 0 spiro atoms. The van der Waals surface area contributed by atoms with Crippen LogP contribution < -0.4 is 0 Å². The van der Waals surface area contributed by atoms with Gasteiger partial charge in [0.25, 0.3) is 0 Å². The number of hydrogen-bond donors (Lipinski definition) is 0. The lowest BCUT2D eigenvalue weighted by Gasteiger charge is -2.17. The molecule has 9 aromatic rings. The number of hydrogen-bond acceptors (Lipinski definition) is 3. The number of benzene rings is 6. The third-order valence-corrected chi connectivity index (χ3v) is 8.92. The summed E-state index contributed by atoms with van der Waals surface area (Å²) in [6.45, 7) is 0. The third kappa shape index (κ3) is 4.41. The van der Waals surface area contributed by atoms with Crippen LogP contribution in [0, 0.1) is 0 Å². The van der Waals surface area contributed by atoms with Gasteiger partial charge in [-0.25, -0.2) is 9.97 Å². The van der Waals surface area contributed by atoms with Gasteiger partial charge in [-0.05, 0) is 81.2 Å². The first-order valence-electron chi connectivity index (χ1n) is 15.5. The number of fused-ring (bicyclic) bond motifs is 6. The molecule has 3 nitrogen and oxygen atoms in total. The second-order valence-corrected chi connectivity index (χ2v) is 11.7. The Kier molecular flexibility index (Phi) is 6.14. The molecule has 3 heterocycles. The van der Waals surface area contributed by atoms with E-state index in [-0.39, 0.29) is 0 Å². The number of rotatable bonds is 4. The summed E-state index contributed by atoms with van der Waals surface area (Å²) in [4.78, 5) is 14.5. The van der Waals surface area contributed by atoms with Crippen LogP contribution in [0.15, 0.2) is 164 Å². The number of aromatic nitrogens is 3. The summed E-state index contributed by atoms with van der Waals surface area (Å²) < 4.78 is 0. The summed E-state index contributed by atoms with van der Waals surface area (Å²) in [5.41, 5.74) is 9.41. The highest BCUT2D eigenvalue weighted by atomic mass is 14.7. The minimum atomic E-state index is 0.930. The van der Waals surface area contributed by atoms with E-state index >= 15 is 0 Å². The number of para-hydroxylation sites is 1. The molecule has 0 aliphatic heterocycles. The number of pyridine rings is 3. The summed E-state index contributed by atoms with van der Waals surface area (Å²) in [7, 11) is 0. The highest BCUT2D eigenvalue weighted by Gasteiger charge is 2.17. The summed E-state index contributed by atoms with van der Waals surface area (Å²) >= 11 is 0. The molecule has 0 saturated heterocycles. The quantitative estimate of drug-likeness (QED) is 0.193. The van der Waals surface area contributed by atoms with Gasteiger partial charge in [0.1, 0.15) is 0 Å². The van der Waals surface area contributed by atoms with Crippen molar-refractivity contribution in [3.05, 3.63) is 164 Å². The summed E-state index contributed by atoms with van der Waals surface area (Å²) in [6.07, 6.45) is 3.61. The van der Waals surface area contributed by atoms with Crippen molar-refractivity contribution in [3.63, 3.8) is 0 Å². The second-order valence-electron chi connectivity index (χ2n) is 11.7. The third-order valence-electron chi connectivity index (χ3n) is 8.92. The van der Waals surface area contributed by atoms with Gasteiger partial charge in [0, 0.05) is 45.2 Å². The van der Waals surface area contributed by atoms with E-state index in [0.717, 1.165) is 55.6 Å². The summed E-state index contributed by atoms with van der Waals surface area (Å²) in [5, 5.41) is 8.40. The van der Waals surface area contributed by atoms with Gasteiger partial charge in [-0.2, -0.15) is 0 Å². The van der Waals surface area contributed by atoms with Gasteiger partial charge >= 0.3 is 0 Å². The average Bonchev–Trinajstić information content (AvgIpc) is 3.14. The maximum atomic E-state index is 5.31. The predicted molar refractivity (Wildman–Crippen MR) is 192 cm³/mol. The van der Waals surface area contributed by atoms with Crippen molar-refractivity contribution < 1.29 is 0 Å². The summed E-state index contributed by atoms with van der Waals surface area (Å²) in [5.74, 6) is 0. The summed E-state index contributed by atoms with van der Waals surface area (Å²) in [6, 6.07) is 53.7. The van der Waals surface area contributed by atoms with Crippen LogP contribution in [-0.4, -0.2) is 15.0 Å². The van der Waals surface area contributed by atoms with Crippen molar-refractivity contribution in [2.45, 2.75) is 0 Å². The molecule has 214 valence electrons. The van der Waals surface area contributed by atoms with Gasteiger partial charge in [-0.3, -0.25) is 4.98 Å². The molecule has 46 heavy (non-hydrogen) atoms. The molecule has 0 unspecified atom stereocenters. The Bertz CT molecular complexity index is 2590. The zero-order valence-electron chi connectivity index (χ0n) is 24.9. The molecule has 0 N–H and O–H groups in total. The van der Waals surface area contributed by atoms with E-state index < -0.39 is 0 Å². The Morgan fingerprint density at radius 2 is 1.07 bits per heavy atom. The van der Waals surface area contributed by atoms with Crippen LogP contribution in [0.5, 0.6) is 0 Å². The lowest BCUT2D eigenvalue weighted by molar-refractivity contribution is 1.29. The normalized spacial score (nSPS) is 11.5. The van der Waals surface area contributed by atoms with E-state index in [1.807, 2.05) is 18.2 Å². The minimum Gasteiger partial charge on any atom is -0.265 e. The van der Waals surface area contributed by atoms with Crippen molar-refractivity contribution in [2.24, 2.45) is 0 Å². The van der Waals surface area contributed by atoms with Gasteiger partial charge in [0.05, 0.1) is 22.6 Å². The Morgan fingerprint density at radius 1 is 0.370 bits per heavy atom. The van der Waals surface area contributed by atoms with Crippen LogP contribution in [0.1, 0.15) is 0 Å². The van der Waals surface area contributed by atoms with Crippen LogP contribution in [-0.2, 0) is 0 Å². The van der Waals surface area contributed by atoms with Crippen molar-refractivity contribution in [3.8, 4) is 44.9 Å². The highest BCUT2D eigenvalue weighted by Crippen LogP contribution is 2.42. The van der Waals surface area contributed by atoms with Crippen LogP contribution in [0.3, 0.4) is 0 Å². The Labute approximate surface area is 266 Å². The molecule has 0 radical (unpaired) electrons. The fourth-order valence-corrected chi connectivity index (χ4v) is 6.74. The molecule has 0 bridgehead atoms. The van der Waals surface area contributed by atoms with Crippen molar-refractivity contribution in [1.82, 2.24) is 15.0 Å². The fraction of sp³-hybridized carbons (Fsp3) is 0. The van der Waals surface area contributed by atoms with E-state index in [2.05, 4.69) is 138 Å². The molecule has 0 fully saturated rings. The zero-order valence-corrected chi connectivity index (χ0v) is 24.9. The standard InChI is InChI=1S/C43H27N3/c1-2-10-30-25-33(20-19-28(30)9-1)43-38-27-37(34-13-3-4-14-35(34)42(38)36-15-5-6-16-41(36)46-43)31-11-7-12-32(26-31)40-18-8-17-39(45-40)29-21-23-44-24-22-29/h1-27H. The second kappa shape index (κ2) is 10.8. The SMILES string of the molecule is c1cc(-c2cccc(-c3ccncc3)n2)cc(-c2cc3c(-c4ccc5ccccc5c4)nc4ccccc4c3c3ccccc23)c1. The Morgan fingerprint density at radius 3 is 1.93 bits per heavy atom. The first kappa shape index (κ1) is 26.2. The lowest BCUT2D eigenvalue weighted by atomic mass is 9.89. The van der Waals surface area contributed by atoms with Gasteiger partial charge in [-0.1, -0.05) is 103 Å². The minimum absolute atomic E-state index is 0.930. The molecule has 0 saturated carbocycles. The van der Waals surface area contributed by atoms with Gasteiger partial charge < -0.3 is 0 Å². The van der Waals surface area contributed by atoms with E-state index in [1.54, 1.807) is 12.4 Å². The maximum Gasteiger partial charge on any atom is 0.0788 e. The monoisotopic (exact) mass is 585 g/mol. The van der Waals surface area contributed by atoms with Crippen LogP contribution in [0.25, 0.3) is 88.1 Å². The van der Waals surface area contributed by atoms with Crippen molar-refractivity contribution in [1.29, 1.82) is 0 Å². The first-order chi connectivity index (χ1) is 22.8. The topological polar surface area (TPSA) is 38.7 Å². The van der Waals surface area contributed by atoms with Crippen LogP contribution in [0.4, 0.5) is 0 Å². The van der Waals surface area contributed by atoms with Crippen molar-refractivity contribution in [2.75, 3.05) is 0 Å². The van der Waals surface area contributed by atoms with E-state index in [0.29, 0.717) is 0 Å². The molecular weight excluding hydrogens is 558 g/mol.